The van der Waals surface area contributed by atoms with Gasteiger partial charge in [0.25, 0.3) is 0 Å². The molecule has 0 unspecified atom stereocenters. The van der Waals surface area contributed by atoms with Gasteiger partial charge in [0.1, 0.15) is 0 Å². The largest absolute Gasteiger partial charge is 0.122 e. The van der Waals surface area contributed by atoms with Gasteiger partial charge in [-0.3, -0.25) is 0 Å². The minimum absolute atomic E-state index is 0.0472. The molecule has 0 bridgehead atoms. The maximum Gasteiger partial charge on any atom is -0.0231 e. The van der Waals surface area contributed by atoms with Gasteiger partial charge in [-0.1, -0.05) is 38.9 Å². The van der Waals surface area contributed by atoms with Gasteiger partial charge < -0.3 is 0 Å². The Morgan fingerprint density at radius 1 is 1.08 bits per heavy atom. The van der Waals surface area contributed by atoms with Crippen molar-refractivity contribution in [3.63, 3.8) is 0 Å². The normalized spacial score (nSPS) is 19.9. The highest BCUT2D eigenvalue weighted by Gasteiger charge is 2.10. The molecule has 1 aliphatic carbocycles. The summed E-state index contributed by atoms with van der Waals surface area (Å²) in [6.45, 7) is 4.72. The Hall–Kier alpha value is 0.300. The zero-order chi connectivity index (χ0) is 8.81. The van der Waals surface area contributed by atoms with Gasteiger partial charge in [0.2, 0.25) is 0 Å². The van der Waals surface area contributed by atoms with Crippen molar-refractivity contribution in [3.8, 4) is 0 Å². The molecule has 0 aromatic heterocycles. The molecule has 0 heterocycles. The summed E-state index contributed by atoms with van der Waals surface area (Å²) in [5.74, 6) is 3.75. The van der Waals surface area contributed by atoms with E-state index in [1.54, 1.807) is 0 Å². The lowest BCUT2D eigenvalue weighted by atomic mass is 9.91. The molecular formula is C11H23P. The second-order valence-electron chi connectivity index (χ2n) is 3.93. The van der Waals surface area contributed by atoms with E-state index >= 15 is 0 Å². The molecule has 72 valence electrons. The van der Waals surface area contributed by atoms with Crippen molar-refractivity contribution >= 4 is 13.3 Å². The van der Waals surface area contributed by atoms with Crippen molar-refractivity contribution in [2.75, 3.05) is 12.3 Å². The lowest BCUT2D eigenvalue weighted by Gasteiger charge is -2.19. The van der Waals surface area contributed by atoms with Crippen molar-refractivity contribution in [1.82, 2.24) is 0 Å². The van der Waals surface area contributed by atoms with Gasteiger partial charge in [-0.25, -0.2) is 0 Å². The number of hydrogen-bond donors (Lipinski definition) is 0. The SMILES string of the molecule is CC[PH](=CC1CCCCC1)CC. The average Bonchev–Trinajstić information content (AvgIpc) is 2.16. The highest BCUT2D eigenvalue weighted by Crippen LogP contribution is 2.28. The zero-order valence-electron chi connectivity index (χ0n) is 8.60. The summed E-state index contributed by atoms with van der Waals surface area (Å²) in [5, 5.41) is 0. The third-order valence-corrected chi connectivity index (χ3v) is 5.79. The first-order chi connectivity index (χ1) is 5.86. The first-order valence-electron chi connectivity index (χ1n) is 5.56. The third kappa shape index (κ3) is 3.35. The lowest BCUT2D eigenvalue weighted by Crippen LogP contribution is -2.07. The predicted octanol–water partition coefficient (Wildman–Crippen LogP) is 3.62. The minimum atomic E-state index is -0.0472. The van der Waals surface area contributed by atoms with Gasteiger partial charge in [-0.05, 0) is 31.1 Å². The molecule has 12 heavy (non-hydrogen) atoms. The minimum Gasteiger partial charge on any atom is -0.122 e. The van der Waals surface area contributed by atoms with Crippen LogP contribution < -0.4 is 0 Å². The maximum atomic E-state index is 2.74. The summed E-state index contributed by atoms with van der Waals surface area (Å²) in [6.07, 6.45) is 10.3. The van der Waals surface area contributed by atoms with Crippen LogP contribution in [-0.2, 0) is 0 Å². The smallest absolute Gasteiger partial charge is 0.0231 e. The summed E-state index contributed by atoms with van der Waals surface area (Å²) in [7, 11) is -0.0472. The van der Waals surface area contributed by atoms with E-state index in [1.165, 1.54) is 44.4 Å². The van der Waals surface area contributed by atoms with Gasteiger partial charge in [-0.15, -0.1) is 7.55 Å². The van der Waals surface area contributed by atoms with Crippen molar-refractivity contribution in [2.45, 2.75) is 46.0 Å². The van der Waals surface area contributed by atoms with Crippen LogP contribution in [0.3, 0.4) is 0 Å². The Bertz CT molecular complexity index is 137. The molecular weight excluding hydrogens is 163 g/mol. The van der Waals surface area contributed by atoms with E-state index in [2.05, 4.69) is 19.6 Å². The van der Waals surface area contributed by atoms with Crippen LogP contribution in [-0.4, -0.2) is 18.1 Å². The van der Waals surface area contributed by atoms with Crippen molar-refractivity contribution < 1.29 is 0 Å². The fourth-order valence-corrected chi connectivity index (χ4v) is 4.09. The van der Waals surface area contributed by atoms with E-state index in [4.69, 9.17) is 0 Å². The maximum absolute atomic E-state index is 2.74. The molecule has 0 aromatic rings. The standard InChI is InChI=1S/C11H23P/c1-3-12(4-2)10-11-8-6-5-7-9-11/h10-12H,3-9H2,1-2H3. The third-order valence-electron chi connectivity index (χ3n) is 3.03. The van der Waals surface area contributed by atoms with Crippen LogP contribution in [0.1, 0.15) is 46.0 Å². The quantitative estimate of drug-likeness (QED) is 0.590. The summed E-state index contributed by atoms with van der Waals surface area (Å²) >= 11 is 0. The summed E-state index contributed by atoms with van der Waals surface area (Å²) in [6, 6.07) is 0. The molecule has 1 saturated carbocycles. The Morgan fingerprint density at radius 2 is 1.67 bits per heavy atom. The van der Waals surface area contributed by atoms with Crippen LogP contribution in [0.2, 0.25) is 0 Å². The fourth-order valence-electron chi connectivity index (χ4n) is 2.12. The number of hydrogen-bond acceptors (Lipinski definition) is 0. The van der Waals surface area contributed by atoms with E-state index in [0.29, 0.717) is 0 Å². The van der Waals surface area contributed by atoms with Gasteiger partial charge in [-0.2, -0.15) is 0 Å². The van der Waals surface area contributed by atoms with E-state index in [0.717, 1.165) is 5.92 Å². The first kappa shape index (κ1) is 10.4. The summed E-state index contributed by atoms with van der Waals surface area (Å²) in [4.78, 5) is 0. The van der Waals surface area contributed by atoms with Crippen LogP contribution in [0.4, 0.5) is 0 Å². The highest BCUT2D eigenvalue weighted by atomic mass is 31.1. The Kier molecular flexibility index (Phi) is 5.07. The van der Waals surface area contributed by atoms with E-state index in [1.807, 2.05) is 0 Å². The topological polar surface area (TPSA) is 0 Å². The summed E-state index contributed by atoms with van der Waals surface area (Å²) in [5.41, 5.74) is 0. The molecule has 1 aliphatic rings. The molecule has 1 heteroatoms. The van der Waals surface area contributed by atoms with E-state index < -0.39 is 0 Å². The molecule has 0 amide bonds. The molecule has 0 N–H and O–H groups in total. The zero-order valence-corrected chi connectivity index (χ0v) is 9.60. The molecule has 1 fully saturated rings. The molecule has 0 spiro atoms. The molecule has 1 rings (SSSR count). The van der Waals surface area contributed by atoms with Gasteiger partial charge in [0.05, 0.1) is 0 Å². The van der Waals surface area contributed by atoms with Gasteiger partial charge >= 0.3 is 0 Å². The Morgan fingerprint density at radius 3 is 2.17 bits per heavy atom. The van der Waals surface area contributed by atoms with Crippen molar-refractivity contribution in [1.29, 1.82) is 0 Å². The molecule has 0 nitrogen and oxygen atoms in total. The second kappa shape index (κ2) is 5.86. The predicted molar refractivity (Wildman–Crippen MR) is 62.0 cm³/mol. The molecule has 0 saturated heterocycles. The lowest BCUT2D eigenvalue weighted by molar-refractivity contribution is 0.447. The second-order valence-corrected chi connectivity index (χ2v) is 6.99. The van der Waals surface area contributed by atoms with E-state index in [-0.39, 0.29) is 7.55 Å². The van der Waals surface area contributed by atoms with Gasteiger partial charge in [0.15, 0.2) is 0 Å². The first-order valence-corrected chi connectivity index (χ1v) is 7.55. The monoisotopic (exact) mass is 186 g/mol. The average molecular weight is 186 g/mol. The van der Waals surface area contributed by atoms with Crippen LogP contribution in [0, 0.1) is 5.92 Å². The molecule has 0 aromatic carbocycles. The number of rotatable bonds is 3. The molecule has 0 aliphatic heterocycles. The van der Waals surface area contributed by atoms with Gasteiger partial charge in [0, 0.05) is 0 Å². The van der Waals surface area contributed by atoms with Crippen LogP contribution in [0.15, 0.2) is 0 Å². The van der Waals surface area contributed by atoms with Crippen LogP contribution in [0.25, 0.3) is 0 Å². The van der Waals surface area contributed by atoms with Crippen LogP contribution >= 0.6 is 7.55 Å². The van der Waals surface area contributed by atoms with E-state index in [9.17, 15) is 0 Å². The fraction of sp³-hybridized carbons (Fsp3) is 0.909. The highest BCUT2D eigenvalue weighted by molar-refractivity contribution is 7.57. The molecule has 0 atom stereocenters. The Balaban J connectivity index is 2.39. The van der Waals surface area contributed by atoms with Crippen molar-refractivity contribution in [2.24, 2.45) is 5.92 Å². The molecule has 0 radical (unpaired) electrons. The Labute approximate surface area is 78.1 Å². The van der Waals surface area contributed by atoms with Crippen LogP contribution in [0.5, 0.6) is 0 Å². The summed E-state index contributed by atoms with van der Waals surface area (Å²) < 4.78 is 0. The van der Waals surface area contributed by atoms with Crippen molar-refractivity contribution in [3.05, 3.63) is 0 Å².